The first-order valence-corrected chi connectivity index (χ1v) is 3.81. The van der Waals surface area contributed by atoms with Gasteiger partial charge in [-0.15, -0.1) is 12.6 Å². The maximum atomic E-state index is 13.0. The Bertz CT molecular complexity index is 294. The number of hydrogen-bond donors (Lipinski definition) is 2. The van der Waals surface area contributed by atoms with E-state index in [-0.39, 0.29) is 5.56 Å². The van der Waals surface area contributed by atoms with Gasteiger partial charge in [-0.05, 0) is 12.1 Å². The number of amides is 1. The summed E-state index contributed by atoms with van der Waals surface area (Å²) < 4.78 is 13.0. The van der Waals surface area contributed by atoms with E-state index in [0.717, 1.165) is 0 Å². The summed E-state index contributed by atoms with van der Waals surface area (Å²) in [6.07, 6.45) is 0. The van der Waals surface area contributed by atoms with Crippen molar-refractivity contribution in [2.75, 3.05) is 7.05 Å². The summed E-state index contributed by atoms with van der Waals surface area (Å²) in [5.41, 5.74) is -0.0108. The van der Waals surface area contributed by atoms with Gasteiger partial charge in [-0.2, -0.15) is 0 Å². The SMILES string of the molecule is CNC(=O)c1c(F)cccc1S. The molecule has 1 rings (SSSR count). The van der Waals surface area contributed by atoms with E-state index in [1.807, 2.05) is 0 Å². The van der Waals surface area contributed by atoms with Crippen LogP contribution in [0.25, 0.3) is 0 Å². The van der Waals surface area contributed by atoms with E-state index in [9.17, 15) is 9.18 Å². The molecule has 1 aromatic carbocycles. The molecule has 64 valence electrons. The van der Waals surface area contributed by atoms with Crippen molar-refractivity contribution in [2.24, 2.45) is 0 Å². The van der Waals surface area contributed by atoms with Crippen LogP contribution in [0.4, 0.5) is 4.39 Å². The molecule has 0 atom stereocenters. The molecule has 2 nitrogen and oxygen atoms in total. The Hall–Kier alpha value is -1.03. The quantitative estimate of drug-likeness (QED) is 0.637. The first kappa shape index (κ1) is 9.06. The molecule has 0 radical (unpaired) electrons. The maximum absolute atomic E-state index is 13.0. The Morgan fingerprint density at radius 2 is 2.25 bits per heavy atom. The predicted octanol–water partition coefficient (Wildman–Crippen LogP) is 1.47. The normalized spacial score (nSPS) is 9.58. The van der Waals surface area contributed by atoms with Crippen molar-refractivity contribution < 1.29 is 9.18 Å². The molecule has 1 amide bonds. The average molecular weight is 185 g/mol. The molecule has 0 unspecified atom stereocenters. The third-order valence-electron chi connectivity index (χ3n) is 1.45. The zero-order valence-corrected chi connectivity index (χ0v) is 7.36. The minimum atomic E-state index is -0.554. The third-order valence-corrected chi connectivity index (χ3v) is 1.82. The molecule has 1 N–H and O–H groups in total. The van der Waals surface area contributed by atoms with Gasteiger partial charge in [0.1, 0.15) is 5.82 Å². The third kappa shape index (κ3) is 1.58. The highest BCUT2D eigenvalue weighted by Crippen LogP contribution is 2.16. The van der Waals surface area contributed by atoms with Gasteiger partial charge in [-0.3, -0.25) is 4.79 Å². The highest BCUT2D eigenvalue weighted by atomic mass is 32.1. The minimum Gasteiger partial charge on any atom is -0.355 e. The Balaban J connectivity index is 3.21. The summed E-state index contributed by atoms with van der Waals surface area (Å²) in [7, 11) is 1.45. The molecule has 1 aromatic rings. The van der Waals surface area contributed by atoms with Crippen LogP contribution in [0.1, 0.15) is 10.4 Å². The van der Waals surface area contributed by atoms with Gasteiger partial charge in [0.05, 0.1) is 5.56 Å². The second kappa shape index (κ2) is 3.58. The van der Waals surface area contributed by atoms with Crippen molar-refractivity contribution in [3.63, 3.8) is 0 Å². The van der Waals surface area contributed by atoms with Gasteiger partial charge in [0, 0.05) is 11.9 Å². The van der Waals surface area contributed by atoms with Crippen molar-refractivity contribution in [3.8, 4) is 0 Å². The van der Waals surface area contributed by atoms with Crippen molar-refractivity contribution >= 4 is 18.5 Å². The number of benzene rings is 1. The summed E-state index contributed by atoms with van der Waals surface area (Å²) in [5.74, 6) is -1.01. The van der Waals surface area contributed by atoms with Crippen LogP contribution in [-0.4, -0.2) is 13.0 Å². The second-order valence-electron chi connectivity index (χ2n) is 2.21. The van der Waals surface area contributed by atoms with E-state index in [0.29, 0.717) is 4.90 Å². The van der Waals surface area contributed by atoms with Gasteiger partial charge in [-0.1, -0.05) is 6.07 Å². The summed E-state index contributed by atoms with van der Waals surface area (Å²) >= 11 is 3.96. The Labute approximate surface area is 75.2 Å². The minimum absolute atomic E-state index is 0.0108. The molecule has 0 saturated carbocycles. The first-order chi connectivity index (χ1) is 5.66. The number of halogens is 1. The van der Waals surface area contributed by atoms with Gasteiger partial charge in [0.15, 0.2) is 0 Å². The molecular formula is C8H8FNOS. The molecule has 0 bridgehead atoms. The van der Waals surface area contributed by atoms with Gasteiger partial charge in [0.25, 0.3) is 5.91 Å². The van der Waals surface area contributed by atoms with Crippen LogP contribution in [0.5, 0.6) is 0 Å². The molecular weight excluding hydrogens is 177 g/mol. The van der Waals surface area contributed by atoms with Crippen LogP contribution in [0, 0.1) is 5.82 Å². The van der Waals surface area contributed by atoms with Crippen LogP contribution < -0.4 is 5.32 Å². The summed E-state index contributed by atoms with van der Waals surface area (Å²) in [6.45, 7) is 0. The van der Waals surface area contributed by atoms with E-state index in [4.69, 9.17) is 0 Å². The van der Waals surface area contributed by atoms with Gasteiger partial charge in [0.2, 0.25) is 0 Å². The van der Waals surface area contributed by atoms with E-state index in [2.05, 4.69) is 17.9 Å². The zero-order chi connectivity index (χ0) is 9.14. The second-order valence-corrected chi connectivity index (χ2v) is 2.69. The standard InChI is InChI=1S/C8H8FNOS/c1-10-8(11)7-5(9)3-2-4-6(7)12/h2-4,12H,1H3,(H,10,11). The van der Waals surface area contributed by atoms with Crippen LogP contribution in [-0.2, 0) is 0 Å². The Morgan fingerprint density at radius 1 is 1.58 bits per heavy atom. The summed E-state index contributed by atoms with van der Waals surface area (Å²) in [5, 5.41) is 2.34. The lowest BCUT2D eigenvalue weighted by molar-refractivity contribution is 0.0956. The number of nitrogens with one attached hydrogen (secondary N) is 1. The van der Waals surface area contributed by atoms with Gasteiger partial charge >= 0.3 is 0 Å². The monoisotopic (exact) mass is 185 g/mol. The van der Waals surface area contributed by atoms with E-state index in [1.54, 1.807) is 6.07 Å². The molecule has 12 heavy (non-hydrogen) atoms. The molecule has 4 heteroatoms. The molecule has 0 aliphatic heterocycles. The molecule has 0 fully saturated rings. The molecule has 0 spiro atoms. The molecule has 0 aromatic heterocycles. The van der Waals surface area contributed by atoms with E-state index >= 15 is 0 Å². The number of carbonyl (C=O) groups is 1. The Morgan fingerprint density at radius 3 is 2.75 bits per heavy atom. The molecule has 0 aliphatic rings. The number of carbonyl (C=O) groups excluding carboxylic acids is 1. The molecule has 0 aliphatic carbocycles. The lowest BCUT2D eigenvalue weighted by Crippen LogP contribution is -2.19. The van der Waals surface area contributed by atoms with Crippen LogP contribution in [0.15, 0.2) is 23.1 Å². The maximum Gasteiger partial charge on any atom is 0.255 e. The van der Waals surface area contributed by atoms with Crippen LogP contribution in [0.3, 0.4) is 0 Å². The van der Waals surface area contributed by atoms with Gasteiger partial charge in [-0.25, -0.2) is 4.39 Å². The number of hydrogen-bond acceptors (Lipinski definition) is 2. The zero-order valence-electron chi connectivity index (χ0n) is 6.47. The number of rotatable bonds is 1. The van der Waals surface area contributed by atoms with Crippen molar-refractivity contribution in [3.05, 3.63) is 29.6 Å². The summed E-state index contributed by atoms with van der Waals surface area (Å²) in [4.78, 5) is 11.4. The molecule has 0 heterocycles. The van der Waals surface area contributed by atoms with Crippen molar-refractivity contribution in [1.29, 1.82) is 0 Å². The smallest absolute Gasteiger partial charge is 0.255 e. The van der Waals surface area contributed by atoms with Gasteiger partial charge < -0.3 is 5.32 Å². The summed E-state index contributed by atoms with van der Waals surface area (Å²) in [6, 6.07) is 4.30. The molecule has 0 saturated heterocycles. The highest BCUT2D eigenvalue weighted by molar-refractivity contribution is 7.80. The highest BCUT2D eigenvalue weighted by Gasteiger charge is 2.12. The van der Waals surface area contributed by atoms with Crippen molar-refractivity contribution in [2.45, 2.75) is 4.90 Å². The fourth-order valence-electron chi connectivity index (χ4n) is 0.863. The fraction of sp³-hybridized carbons (Fsp3) is 0.125. The van der Waals surface area contributed by atoms with Crippen molar-refractivity contribution in [1.82, 2.24) is 5.32 Å². The fourth-order valence-corrected chi connectivity index (χ4v) is 1.16. The lowest BCUT2D eigenvalue weighted by Gasteiger charge is -2.03. The predicted molar refractivity (Wildman–Crippen MR) is 47.0 cm³/mol. The first-order valence-electron chi connectivity index (χ1n) is 3.36. The van der Waals surface area contributed by atoms with Crippen LogP contribution in [0.2, 0.25) is 0 Å². The Kier molecular flexibility index (Phi) is 2.70. The average Bonchev–Trinajstić information content (AvgIpc) is 2.03. The van der Waals surface area contributed by atoms with Crippen LogP contribution >= 0.6 is 12.6 Å². The lowest BCUT2D eigenvalue weighted by atomic mass is 10.2. The number of thiol groups is 1. The topological polar surface area (TPSA) is 29.1 Å². The largest absolute Gasteiger partial charge is 0.355 e. The van der Waals surface area contributed by atoms with E-state index in [1.165, 1.54) is 19.2 Å². The van der Waals surface area contributed by atoms with E-state index < -0.39 is 11.7 Å².